The quantitative estimate of drug-likeness (QED) is 0.142. The number of nitrogens with zero attached hydrogens (tertiary/aromatic N) is 3. The van der Waals surface area contributed by atoms with Crippen LogP contribution in [0.4, 0.5) is 16.8 Å². The summed E-state index contributed by atoms with van der Waals surface area (Å²) in [5, 5.41) is 14.2. The minimum Gasteiger partial charge on any atom is -0.492 e. The van der Waals surface area contributed by atoms with E-state index in [2.05, 4.69) is 25.8 Å². The molecule has 0 bridgehead atoms. The first kappa shape index (κ1) is 26.3. The van der Waals surface area contributed by atoms with Gasteiger partial charge in [0.2, 0.25) is 11.7 Å². The lowest BCUT2D eigenvalue weighted by atomic mass is 10.1. The molecule has 0 unspecified atom stereocenters. The van der Waals surface area contributed by atoms with E-state index in [1.807, 2.05) is 0 Å². The molecule has 0 saturated heterocycles. The predicted octanol–water partition coefficient (Wildman–Crippen LogP) is 5.73. The number of Topliss-reactive ketones (excluding diaryl/α,β-unsaturated/α-hetero) is 2. The van der Waals surface area contributed by atoms with E-state index in [9.17, 15) is 14.4 Å². The Kier molecular flexibility index (Phi) is 8.17. The van der Waals surface area contributed by atoms with Crippen molar-refractivity contribution in [2.24, 2.45) is 0 Å². The lowest BCUT2D eigenvalue weighted by Crippen LogP contribution is -2.25. The van der Waals surface area contributed by atoms with Gasteiger partial charge in [-0.15, -0.1) is 5.10 Å². The molecule has 1 amide bonds. The Morgan fingerprint density at radius 2 is 1.86 bits per heavy atom. The fourth-order valence-electron chi connectivity index (χ4n) is 3.17. The maximum Gasteiger partial charge on any atom is 0.322 e. The first-order valence-corrected chi connectivity index (χ1v) is 12.4. The highest BCUT2D eigenvalue weighted by molar-refractivity contribution is 7.17. The monoisotopic (exact) mass is 559 g/mol. The number of aryl methyl sites for hydroxylation is 1. The van der Waals surface area contributed by atoms with Gasteiger partial charge in [0.25, 0.3) is 5.91 Å². The van der Waals surface area contributed by atoms with Crippen LogP contribution in [-0.4, -0.2) is 39.3 Å². The molecule has 0 saturated carbocycles. The summed E-state index contributed by atoms with van der Waals surface area (Å²) in [6, 6.07) is 11.6. The molecule has 0 aliphatic carbocycles. The molecule has 0 aliphatic heterocycles. The zero-order valence-electron chi connectivity index (χ0n) is 19.5. The molecule has 0 radical (unpaired) electrons. The molecule has 2 aromatic carbocycles. The van der Waals surface area contributed by atoms with Crippen LogP contribution in [0.5, 0.6) is 5.75 Å². The summed E-state index contributed by atoms with van der Waals surface area (Å²) < 4.78 is 11.0. The van der Waals surface area contributed by atoms with Crippen LogP contribution in [0.15, 0.2) is 46.9 Å². The van der Waals surface area contributed by atoms with Gasteiger partial charge in [0.1, 0.15) is 5.75 Å². The van der Waals surface area contributed by atoms with E-state index < -0.39 is 23.9 Å². The molecule has 2 N–H and O–H groups in total. The first-order chi connectivity index (χ1) is 17.7. The van der Waals surface area contributed by atoms with E-state index in [-0.39, 0.29) is 16.8 Å². The van der Waals surface area contributed by atoms with Crippen LogP contribution in [-0.2, 0) is 9.59 Å². The van der Waals surface area contributed by atoms with Crippen molar-refractivity contribution in [2.45, 2.75) is 20.3 Å². The number of ketones is 2. The standard InChI is InChI=1S/C24H19Cl2N5O5S/c1-3-35-19-7-5-4-6-16(19)28-21(34)18(33)11-17(32)20-12(2)27-24(37-20)29-23-31-30-22(36-23)13-8-9-14(25)15(26)10-13/h4-10H,3,11H2,1-2H3,(H,28,34)(H,27,29,31). The van der Waals surface area contributed by atoms with Gasteiger partial charge in [-0.05, 0) is 44.2 Å². The Morgan fingerprint density at radius 3 is 2.62 bits per heavy atom. The fraction of sp³-hybridized carbons (Fsp3) is 0.167. The summed E-state index contributed by atoms with van der Waals surface area (Å²) in [7, 11) is 0. The van der Waals surface area contributed by atoms with Crippen LogP contribution in [0.1, 0.15) is 28.7 Å². The van der Waals surface area contributed by atoms with Crippen molar-refractivity contribution in [3.8, 4) is 17.2 Å². The molecule has 0 atom stereocenters. The molecule has 0 aliphatic rings. The highest BCUT2D eigenvalue weighted by Crippen LogP contribution is 2.31. The predicted molar refractivity (Wildman–Crippen MR) is 140 cm³/mol. The van der Waals surface area contributed by atoms with Gasteiger partial charge in [-0.3, -0.25) is 19.7 Å². The third-order valence-electron chi connectivity index (χ3n) is 4.86. The average Bonchev–Trinajstić information content (AvgIpc) is 3.48. The minimum atomic E-state index is -0.915. The van der Waals surface area contributed by atoms with Crippen LogP contribution in [0, 0.1) is 6.92 Å². The molecule has 10 nitrogen and oxygen atoms in total. The largest absolute Gasteiger partial charge is 0.492 e. The molecule has 2 aromatic heterocycles. The number of carbonyl (C=O) groups excluding carboxylic acids is 3. The second kappa shape index (κ2) is 11.5. The minimum absolute atomic E-state index is 0.0391. The number of ether oxygens (including phenoxy) is 1. The average molecular weight is 560 g/mol. The first-order valence-electron chi connectivity index (χ1n) is 10.9. The summed E-state index contributed by atoms with van der Waals surface area (Å²) in [6.45, 7) is 3.81. The van der Waals surface area contributed by atoms with Gasteiger partial charge < -0.3 is 14.5 Å². The van der Waals surface area contributed by atoms with Gasteiger partial charge in [-0.1, -0.05) is 51.8 Å². The SMILES string of the molecule is CCOc1ccccc1NC(=O)C(=O)CC(=O)c1sc(Nc2nnc(-c3ccc(Cl)c(Cl)c3)o2)nc1C. The molecular formula is C24H19Cl2N5O5S. The third kappa shape index (κ3) is 6.31. The van der Waals surface area contributed by atoms with Crippen molar-refractivity contribution >= 4 is 68.8 Å². The topological polar surface area (TPSA) is 136 Å². The van der Waals surface area contributed by atoms with Crippen LogP contribution < -0.4 is 15.4 Å². The molecule has 37 heavy (non-hydrogen) atoms. The van der Waals surface area contributed by atoms with Crippen molar-refractivity contribution in [3.63, 3.8) is 0 Å². The van der Waals surface area contributed by atoms with Crippen LogP contribution in [0.25, 0.3) is 11.5 Å². The van der Waals surface area contributed by atoms with Crippen LogP contribution in [0.3, 0.4) is 0 Å². The van der Waals surface area contributed by atoms with Crippen molar-refractivity contribution in [2.75, 3.05) is 17.2 Å². The number of thiazole rings is 1. The summed E-state index contributed by atoms with van der Waals surface area (Å²) in [5.74, 6) is -1.71. The second-order valence-electron chi connectivity index (χ2n) is 7.51. The van der Waals surface area contributed by atoms with Gasteiger partial charge in [-0.25, -0.2) is 4.98 Å². The van der Waals surface area contributed by atoms with Crippen molar-refractivity contribution < 1.29 is 23.5 Å². The Labute approximate surface area is 225 Å². The van der Waals surface area contributed by atoms with Gasteiger partial charge in [-0.2, -0.15) is 0 Å². The normalized spacial score (nSPS) is 10.7. The van der Waals surface area contributed by atoms with E-state index in [0.717, 1.165) is 11.3 Å². The summed E-state index contributed by atoms with van der Waals surface area (Å²) in [5.41, 5.74) is 1.30. The van der Waals surface area contributed by atoms with Crippen molar-refractivity contribution in [1.82, 2.24) is 15.2 Å². The van der Waals surface area contributed by atoms with Gasteiger partial charge in [0, 0.05) is 5.56 Å². The summed E-state index contributed by atoms with van der Waals surface area (Å²) in [6.07, 6.45) is -0.618. The molecule has 2 heterocycles. The van der Waals surface area contributed by atoms with Gasteiger partial charge >= 0.3 is 6.01 Å². The van der Waals surface area contributed by atoms with Crippen LogP contribution >= 0.6 is 34.5 Å². The van der Waals surface area contributed by atoms with E-state index >= 15 is 0 Å². The fourth-order valence-corrected chi connectivity index (χ4v) is 4.36. The van der Waals surface area contributed by atoms with Gasteiger partial charge in [0.05, 0.1) is 39.3 Å². The number of carbonyl (C=O) groups is 3. The van der Waals surface area contributed by atoms with Crippen molar-refractivity contribution in [3.05, 3.63) is 63.1 Å². The summed E-state index contributed by atoms with van der Waals surface area (Å²) >= 11 is 13.0. The zero-order chi connectivity index (χ0) is 26.5. The van der Waals surface area contributed by atoms with Crippen molar-refractivity contribution in [1.29, 1.82) is 0 Å². The smallest absolute Gasteiger partial charge is 0.322 e. The van der Waals surface area contributed by atoms with E-state index in [1.165, 1.54) is 0 Å². The molecule has 0 fully saturated rings. The second-order valence-corrected chi connectivity index (χ2v) is 9.32. The molecule has 0 spiro atoms. The zero-order valence-corrected chi connectivity index (χ0v) is 21.8. The number of hydrogen-bond acceptors (Lipinski definition) is 10. The number of benzene rings is 2. The number of amides is 1. The van der Waals surface area contributed by atoms with E-state index in [4.69, 9.17) is 32.4 Å². The van der Waals surface area contributed by atoms with E-state index in [0.29, 0.717) is 44.5 Å². The Hall–Kier alpha value is -3.80. The Morgan fingerprint density at radius 1 is 1.08 bits per heavy atom. The lowest BCUT2D eigenvalue weighted by molar-refractivity contribution is -0.134. The highest BCUT2D eigenvalue weighted by atomic mass is 35.5. The highest BCUT2D eigenvalue weighted by Gasteiger charge is 2.24. The van der Waals surface area contributed by atoms with E-state index in [1.54, 1.807) is 56.3 Å². The number of aromatic nitrogens is 3. The Bertz CT molecular complexity index is 1490. The number of anilines is 3. The number of hydrogen-bond donors (Lipinski definition) is 2. The maximum absolute atomic E-state index is 12.8. The van der Waals surface area contributed by atoms with Gasteiger partial charge in [0.15, 0.2) is 10.9 Å². The van der Waals surface area contributed by atoms with Crippen LogP contribution in [0.2, 0.25) is 10.0 Å². The molecule has 4 rings (SSSR count). The lowest BCUT2D eigenvalue weighted by Gasteiger charge is -2.10. The number of para-hydroxylation sites is 2. The number of halogens is 2. The number of nitrogens with one attached hydrogen (secondary N) is 2. The molecule has 4 aromatic rings. The summed E-state index contributed by atoms with van der Waals surface area (Å²) in [4.78, 5) is 42.1. The Balaban J connectivity index is 1.40. The molecular weight excluding hydrogens is 541 g/mol. The molecule has 190 valence electrons. The maximum atomic E-state index is 12.8. The third-order valence-corrected chi connectivity index (χ3v) is 6.72. The molecule has 13 heteroatoms. The number of rotatable bonds is 10.